The molecule has 156 valence electrons. The molecule has 1 fully saturated rings. The van der Waals surface area contributed by atoms with Crippen molar-refractivity contribution in [1.29, 1.82) is 0 Å². The summed E-state index contributed by atoms with van der Waals surface area (Å²) in [5.74, 6) is 0.272. The molecular weight excluding hydrogens is 374 g/mol. The fraction of sp³-hybridized carbons (Fsp3) is 0.440. The summed E-state index contributed by atoms with van der Waals surface area (Å²) in [4.78, 5) is 31.6. The highest BCUT2D eigenvalue weighted by molar-refractivity contribution is 5.98. The Kier molecular flexibility index (Phi) is 5.07. The van der Waals surface area contributed by atoms with E-state index < -0.39 is 0 Å². The number of carbonyl (C=O) groups is 2. The van der Waals surface area contributed by atoms with Gasteiger partial charge in [-0.2, -0.15) is 0 Å². The predicted octanol–water partition coefficient (Wildman–Crippen LogP) is 3.08. The third-order valence-electron chi connectivity index (χ3n) is 6.89. The third kappa shape index (κ3) is 3.52. The SMILES string of the molecule is CN1CCc2cc(-c3ccc4c(c3)CCN(CCN3CCCC3)C4=O)ccc2C1=O. The van der Waals surface area contributed by atoms with Crippen LogP contribution in [0, 0.1) is 0 Å². The van der Waals surface area contributed by atoms with Gasteiger partial charge in [0.25, 0.3) is 11.8 Å². The number of likely N-dealkylation sites (tertiary alicyclic amines) is 1. The number of carbonyl (C=O) groups excluding carboxylic acids is 2. The summed E-state index contributed by atoms with van der Waals surface area (Å²) in [5, 5.41) is 0. The number of nitrogens with zero attached hydrogens (tertiary/aromatic N) is 3. The van der Waals surface area contributed by atoms with Gasteiger partial charge in [-0.3, -0.25) is 9.59 Å². The molecule has 0 atom stereocenters. The molecule has 3 aliphatic heterocycles. The number of hydrogen-bond acceptors (Lipinski definition) is 3. The zero-order valence-electron chi connectivity index (χ0n) is 17.7. The number of rotatable bonds is 4. The van der Waals surface area contributed by atoms with E-state index in [1.807, 2.05) is 30.1 Å². The summed E-state index contributed by atoms with van der Waals surface area (Å²) < 4.78 is 0. The predicted molar refractivity (Wildman–Crippen MR) is 118 cm³/mol. The van der Waals surface area contributed by atoms with Crippen molar-refractivity contribution < 1.29 is 9.59 Å². The molecule has 0 aliphatic carbocycles. The molecule has 0 unspecified atom stereocenters. The Balaban J connectivity index is 1.34. The van der Waals surface area contributed by atoms with Gasteiger partial charge < -0.3 is 14.7 Å². The van der Waals surface area contributed by atoms with E-state index in [0.29, 0.717) is 0 Å². The second-order valence-corrected chi connectivity index (χ2v) is 8.81. The average Bonchev–Trinajstić information content (AvgIpc) is 3.29. The maximum Gasteiger partial charge on any atom is 0.254 e. The van der Waals surface area contributed by atoms with Gasteiger partial charge in [0.15, 0.2) is 0 Å². The Hall–Kier alpha value is -2.66. The first-order chi connectivity index (χ1) is 14.6. The Bertz CT molecular complexity index is 994. The lowest BCUT2D eigenvalue weighted by Crippen LogP contribution is -2.42. The van der Waals surface area contributed by atoms with Gasteiger partial charge in [0.2, 0.25) is 0 Å². The number of fused-ring (bicyclic) bond motifs is 2. The lowest BCUT2D eigenvalue weighted by atomic mass is 9.91. The molecule has 1 saturated heterocycles. The van der Waals surface area contributed by atoms with E-state index in [2.05, 4.69) is 23.1 Å². The van der Waals surface area contributed by atoms with Gasteiger partial charge in [-0.05, 0) is 73.2 Å². The number of amides is 2. The quantitative estimate of drug-likeness (QED) is 0.788. The van der Waals surface area contributed by atoms with Crippen LogP contribution in [0.4, 0.5) is 0 Å². The van der Waals surface area contributed by atoms with Crippen LogP contribution in [0.25, 0.3) is 11.1 Å². The van der Waals surface area contributed by atoms with Crippen molar-refractivity contribution >= 4 is 11.8 Å². The smallest absolute Gasteiger partial charge is 0.254 e. The molecule has 0 spiro atoms. The molecule has 3 aliphatic rings. The van der Waals surface area contributed by atoms with E-state index in [1.54, 1.807) is 4.90 Å². The molecule has 5 rings (SSSR count). The van der Waals surface area contributed by atoms with Crippen molar-refractivity contribution in [2.45, 2.75) is 25.7 Å². The fourth-order valence-electron chi connectivity index (χ4n) is 4.98. The Morgan fingerprint density at radius 2 is 1.33 bits per heavy atom. The van der Waals surface area contributed by atoms with Crippen LogP contribution in [0.15, 0.2) is 36.4 Å². The van der Waals surface area contributed by atoms with Gasteiger partial charge >= 0.3 is 0 Å². The molecule has 2 amide bonds. The van der Waals surface area contributed by atoms with Crippen LogP contribution >= 0.6 is 0 Å². The van der Waals surface area contributed by atoms with E-state index in [4.69, 9.17) is 0 Å². The second-order valence-electron chi connectivity index (χ2n) is 8.81. The van der Waals surface area contributed by atoms with Gasteiger partial charge in [-0.25, -0.2) is 0 Å². The number of benzene rings is 2. The molecule has 0 N–H and O–H groups in total. The first kappa shape index (κ1) is 19.3. The van der Waals surface area contributed by atoms with Crippen LogP contribution in [0.1, 0.15) is 44.7 Å². The minimum atomic E-state index is 0.104. The number of hydrogen-bond donors (Lipinski definition) is 0. The van der Waals surface area contributed by atoms with Gasteiger partial charge in [-0.1, -0.05) is 24.3 Å². The normalized spacial score (nSPS) is 19.2. The van der Waals surface area contributed by atoms with Gasteiger partial charge in [-0.15, -0.1) is 0 Å². The second kappa shape index (κ2) is 7.88. The summed E-state index contributed by atoms with van der Waals surface area (Å²) >= 11 is 0. The molecule has 5 heteroatoms. The van der Waals surface area contributed by atoms with E-state index in [-0.39, 0.29) is 11.8 Å². The first-order valence-electron chi connectivity index (χ1n) is 11.1. The van der Waals surface area contributed by atoms with E-state index in [1.165, 1.54) is 25.9 Å². The molecular formula is C25H29N3O2. The molecule has 0 saturated carbocycles. The van der Waals surface area contributed by atoms with Crippen LogP contribution < -0.4 is 0 Å². The monoisotopic (exact) mass is 403 g/mol. The van der Waals surface area contributed by atoms with Crippen molar-refractivity contribution in [2.24, 2.45) is 0 Å². The van der Waals surface area contributed by atoms with Crippen LogP contribution in [0.3, 0.4) is 0 Å². The van der Waals surface area contributed by atoms with Crippen LogP contribution in [-0.2, 0) is 12.8 Å². The lowest BCUT2D eigenvalue weighted by Gasteiger charge is -2.30. The molecule has 5 nitrogen and oxygen atoms in total. The molecule has 0 bridgehead atoms. The van der Waals surface area contributed by atoms with Crippen LogP contribution in [0.2, 0.25) is 0 Å². The average molecular weight is 404 g/mol. The highest BCUT2D eigenvalue weighted by Crippen LogP contribution is 2.29. The Labute approximate surface area is 178 Å². The van der Waals surface area contributed by atoms with Crippen molar-refractivity contribution in [3.05, 3.63) is 58.7 Å². The van der Waals surface area contributed by atoms with Crippen LogP contribution in [-0.4, -0.2) is 72.8 Å². The minimum Gasteiger partial charge on any atom is -0.341 e. The Morgan fingerprint density at radius 3 is 2.00 bits per heavy atom. The topological polar surface area (TPSA) is 43.9 Å². The maximum absolute atomic E-state index is 13.0. The molecule has 2 aromatic carbocycles. The minimum absolute atomic E-state index is 0.104. The summed E-state index contributed by atoms with van der Waals surface area (Å²) in [7, 11) is 1.86. The van der Waals surface area contributed by atoms with Crippen LogP contribution in [0.5, 0.6) is 0 Å². The summed E-state index contributed by atoms with van der Waals surface area (Å²) in [5.41, 5.74) is 6.18. The Morgan fingerprint density at radius 1 is 0.733 bits per heavy atom. The van der Waals surface area contributed by atoms with Gasteiger partial charge in [0, 0.05) is 44.4 Å². The molecule has 2 aromatic rings. The van der Waals surface area contributed by atoms with Crippen molar-refractivity contribution in [2.75, 3.05) is 46.3 Å². The van der Waals surface area contributed by atoms with Crippen molar-refractivity contribution in [3.8, 4) is 11.1 Å². The van der Waals surface area contributed by atoms with Gasteiger partial charge in [0.1, 0.15) is 0 Å². The standard InChI is InChI=1S/C25H29N3O2/c1-26-12-8-20-16-18(4-6-22(20)24(26)29)19-5-7-23-21(17-19)9-13-28(25(23)30)15-14-27-10-2-3-11-27/h4-7,16-17H,2-3,8-15H2,1H3. The van der Waals surface area contributed by atoms with E-state index >= 15 is 0 Å². The first-order valence-corrected chi connectivity index (χ1v) is 11.1. The molecule has 3 heterocycles. The maximum atomic E-state index is 13.0. The third-order valence-corrected chi connectivity index (χ3v) is 6.89. The highest BCUT2D eigenvalue weighted by Gasteiger charge is 2.26. The summed E-state index contributed by atoms with van der Waals surface area (Å²) in [6.45, 7) is 5.72. The molecule has 30 heavy (non-hydrogen) atoms. The molecule has 0 aromatic heterocycles. The van der Waals surface area contributed by atoms with Gasteiger partial charge in [0.05, 0.1) is 0 Å². The lowest BCUT2D eigenvalue weighted by molar-refractivity contribution is 0.0723. The largest absolute Gasteiger partial charge is 0.341 e. The van der Waals surface area contributed by atoms with E-state index in [9.17, 15) is 9.59 Å². The number of likely N-dealkylation sites (N-methyl/N-ethyl adjacent to an activating group) is 1. The van der Waals surface area contributed by atoms with Crippen molar-refractivity contribution in [1.82, 2.24) is 14.7 Å². The zero-order valence-corrected chi connectivity index (χ0v) is 17.7. The summed E-state index contributed by atoms with van der Waals surface area (Å²) in [6.07, 6.45) is 4.37. The van der Waals surface area contributed by atoms with Crippen molar-refractivity contribution in [3.63, 3.8) is 0 Å². The van der Waals surface area contributed by atoms with E-state index in [0.717, 1.165) is 72.4 Å². The zero-order chi connectivity index (χ0) is 20.7. The summed E-state index contributed by atoms with van der Waals surface area (Å²) in [6, 6.07) is 12.4. The fourth-order valence-corrected chi connectivity index (χ4v) is 4.98. The highest BCUT2D eigenvalue weighted by atomic mass is 16.2. The molecule has 0 radical (unpaired) electrons.